The fourth-order valence-electron chi connectivity index (χ4n) is 3.57. The molecule has 1 N–H and O–H groups in total. The molecule has 0 bridgehead atoms. The molecule has 1 fully saturated rings. The molecule has 0 spiro atoms. The van der Waals surface area contributed by atoms with E-state index in [9.17, 15) is 4.79 Å². The van der Waals surface area contributed by atoms with E-state index in [1.54, 1.807) is 18.2 Å². The summed E-state index contributed by atoms with van der Waals surface area (Å²) in [6.45, 7) is 2.25. The summed E-state index contributed by atoms with van der Waals surface area (Å²) in [6.07, 6.45) is 9.38. The third kappa shape index (κ3) is 2.80. The standard InChI is InChI=1S/C17H22N2O2/c1-2-3-12-4-7-14(8-5-12)19-11-18-15-9-6-13(17(20)21)10-16(15)19/h6,9-12,14H,2-5,7-8H2,1H3,(H,20,21). The van der Waals surface area contributed by atoms with E-state index in [-0.39, 0.29) is 0 Å². The molecule has 0 aliphatic heterocycles. The van der Waals surface area contributed by atoms with Gasteiger partial charge >= 0.3 is 5.97 Å². The van der Waals surface area contributed by atoms with Crippen molar-refractivity contribution in [2.24, 2.45) is 5.92 Å². The van der Waals surface area contributed by atoms with E-state index in [1.807, 2.05) is 6.33 Å². The number of benzene rings is 1. The fraction of sp³-hybridized carbons (Fsp3) is 0.529. The minimum Gasteiger partial charge on any atom is -0.478 e. The quantitative estimate of drug-likeness (QED) is 0.913. The molecule has 0 atom stereocenters. The summed E-state index contributed by atoms with van der Waals surface area (Å²) in [7, 11) is 0. The van der Waals surface area contributed by atoms with Gasteiger partial charge in [0.25, 0.3) is 0 Å². The Balaban J connectivity index is 1.84. The van der Waals surface area contributed by atoms with Crippen LogP contribution in [0.2, 0.25) is 0 Å². The number of imidazole rings is 1. The van der Waals surface area contributed by atoms with Crippen molar-refractivity contribution in [3.8, 4) is 0 Å². The Kier molecular flexibility index (Phi) is 3.95. The molecule has 1 aliphatic carbocycles. The zero-order valence-electron chi connectivity index (χ0n) is 12.5. The Bertz CT molecular complexity index is 639. The van der Waals surface area contributed by atoms with Crippen LogP contribution in [0.15, 0.2) is 24.5 Å². The van der Waals surface area contributed by atoms with E-state index in [4.69, 9.17) is 5.11 Å². The van der Waals surface area contributed by atoms with Crippen molar-refractivity contribution in [1.82, 2.24) is 9.55 Å². The fourth-order valence-corrected chi connectivity index (χ4v) is 3.57. The van der Waals surface area contributed by atoms with E-state index in [0.29, 0.717) is 11.6 Å². The third-order valence-electron chi connectivity index (χ3n) is 4.73. The van der Waals surface area contributed by atoms with Crippen LogP contribution in [-0.2, 0) is 0 Å². The lowest BCUT2D eigenvalue weighted by atomic mass is 9.83. The van der Waals surface area contributed by atoms with Crippen LogP contribution in [-0.4, -0.2) is 20.6 Å². The van der Waals surface area contributed by atoms with Gasteiger partial charge in [-0.3, -0.25) is 0 Å². The van der Waals surface area contributed by atoms with E-state index in [2.05, 4.69) is 16.5 Å². The molecular weight excluding hydrogens is 264 g/mol. The summed E-state index contributed by atoms with van der Waals surface area (Å²) in [6, 6.07) is 5.65. The molecule has 1 aliphatic rings. The average molecular weight is 286 g/mol. The number of hydrogen-bond acceptors (Lipinski definition) is 2. The topological polar surface area (TPSA) is 55.1 Å². The van der Waals surface area contributed by atoms with Crippen LogP contribution in [0, 0.1) is 5.92 Å². The highest BCUT2D eigenvalue weighted by molar-refractivity contribution is 5.92. The van der Waals surface area contributed by atoms with Gasteiger partial charge in [-0.15, -0.1) is 0 Å². The largest absolute Gasteiger partial charge is 0.478 e. The van der Waals surface area contributed by atoms with Crippen molar-refractivity contribution in [2.75, 3.05) is 0 Å². The number of aromatic nitrogens is 2. The smallest absolute Gasteiger partial charge is 0.335 e. The Morgan fingerprint density at radius 1 is 1.33 bits per heavy atom. The normalized spacial score (nSPS) is 22.5. The maximum absolute atomic E-state index is 11.1. The summed E-state index contributed by atoms with van der Waals surface area (Å²) in [5.41, 5.74) is 2.17. The molecule has 112 valence electrons. The van der Waals surface area contributed by atoms with Crippen molar-refractivity contribution in [1.29, 1.82) is 0 Å². The monoisotopic (exact) mass is 286 g/mol. The van der Waals surface area contributed by atoms with Crippen molar-refractivity contribution < 1.29 is 9.90 Å². The zero-order valence-corrected chi connectivity index (χ0v) is 12.5. The lowest BCUT2D eigenvalue weighted by Gasteiger charge is -2.29. The highest BCUT2D eigenvalue weighted by Gasteiger charge is 2.23. The second-order valence-corrected chi connectivity index (χ2v) is 6.12. The number of hydrogen-bond donors (Lipinski definition) is 1. The molecule has 1 saturated carbocycles. The summed E-state index contributed by atoms with van der Waals surface area (Å²) in [4.78, 5) is 15.6. The zero-order chi connectivity index (χ0) is 14.8. The maximum Gasteiger partial charge on any atom is 0.335 e. The molecule has 4 nitrogen and oxygen atoms in total. The summed E-state index contributed by atoms with van der Waals surface area (Å²) >= 11 is 0. The molecule has 0 amide bonds. The van der Waals surface area contributed by atoms with Gasteiger partial charge < -0.3 is 9.67 Å². The Morgan fingerprint density at radius 3 is 2.76 bits per heavy atom. The lowest BCUT2D eigenvalue weighted by Crippen LogP contribution is -2.17. The molecule has 0 saturated heterocycles. The first-order chi connectivity index (χ1) is 10.2. The van der Waals surface area contributed by atoms with Crippen molar-refractivity contribution >= 4 is 17.0 Å². The molecule has 1 aromatic heterocycles. The van der Waals surface area contributed by atoms with Gasteiger partial charge in [0.2, 0.25) is 0 Å². The molecular formula is C17H22N2O2. The molecule has 4 heteroatoms. The van der Waals surface area contributed by atoms with Gasteiger partial charge in [-0.25, -0.2) is 9.78 Å². The second kappa shape index (κ2) is 5.88. The van der Waals surface area contributed by atoms with Gasteiger partial charge in [0, 0.05) is 6.04 Å². The van der Waals surface area contributed by atoms with Gasteiger partial charge in [-0.1, -0.05) is 19.8 Å². The Hall–Kier alpha value is -1.84. The van der Waals surface area contributed by atoms with E-state index in [0.717, 1.165) is 17.0 Å². The summed E-state index contributed by atoms with van der Waals surface area (Å²) < 4.78 is 2.18. The van der Waals surface area contributed by atoms with Crippen LogP contribution in [0.3, 0.4) is 0 Å². The highest BCUT2D eigenvalue weighted by atomic mass is 16.4. The first-order valence-corrected chi connectivity index (χ1v) is 7.89. The van der Waals surface area contributed by atoms with Crippen LogP contribution in [0.4, 0.5) is 0 Å². The number of carboxylic acids is 1. The molecule has 3 rings (SSSR count). The van der Waals surface area contributed by atoms with Gasteiger partial charge in [0.1, 0.15) is 0 Å². The highest BCUT2D eigenvalue weighted by Crippen LogP contribution is 2.35. The molecule has 21 heavy (non-hydrogen) atoms. The summed E-state index contributed by atoms with van der Waals surface area (Å²) in [5.74, 6) is -0.00748. The molecule has 1 aromatic carbocycles. The van der Waals surface area contributed by atoms with Gasteiger partial charge in [0.15, 0.2) is 0 Å². The van der Waals surface area contributed by atoms with Gasteiger partial charge in [-0.05, 0) is 49.8 Å². The number of nitrogens with zero attached hydrogens (tertiary/aromatic N) is 2. The van der Waals surface area contributed by atoms with Gasteiger partial charge in [-0.2, -0.15) is 0 Å². The van der Waals surface area contributed by atoms with Crippen LogP contribution >= 0.6 is 0 Å². The SMILES string of the molecule is CCCC1CCC(n2cnc3ccc(C(=O)O)cc32)CC1. The average Bonchev–Trinajstić information content (AvgIpc) is 2.91. The number of carbonyl (C=O) groups is 1. The minimum atomic E-state index is -0.878. The van der Waals surface area contributed by atoms with Crippen LogP contribution in [0.25, 0.3) is 11.0 Å². The van der Waals surface area contributed by atoms with Crippen molar-refractivity contribution in [3.05, 3.63) is 30.1 Å². The maximum atomic E-state index is 11.1. The van der Waals surface area contributed by atoms with Crippen molar-refractivity contribution in [2.45, 2.75) is 51.5 Å². The van der Waals surface area contributed by atoms with E-state index >= 15 is 0 Å². The first-order valence-electron chi connectivity index (χ1n) is 7.89. The molecule has 2 aromatic rings. The van der Waals surface area contributed by atoms with Crippen molar-refractivity contribution in [3.63, 3.8) is 0 Å². The number of carboxylic acid groups (broad SMARTS) is 1. The second-order valence-electron chi connectivity index (χ2n) is 6.12. The predicted octanol–water partition coefficient (Wildman–Crippen LogP) is 4.27. The summed E-state index contributed by atoms with van der Waals surface area (Å²) in [5, 5.41) is 9.15. The number of rotatable bonds is 4. The molecule has 0 radical (unpaired) electrons. The lowest BCUT2D eigenvalue weighted by molar-refractivity contribution is 0.0697. The molecule has 1 heterocycles. The van der Waals surface area contributed by atoms with E-state index in [1.165, 1.54) is 38.5 Å². The predicted molar refractivity (Wildman–Crippen MR) is 82.6 cm³/mol. The third-order valence-corrected chi connectivity index (χ3v) is 4.73. The minimum absolute atomic E-state index is 0.337. The first kappa shape index (κ1) is 14.1. The molecule has 0 unspecified atom stereocenters. The number of fused-ring (bicyclic) bond motifs is 1. The van der Waals surface area contributed by atoms with Crippen LogP contribution in [0.1, 0.15) is 61.8 Å². The Labute approximate surface area is 124 Å². The van der Waals surface area contributed by atoms with Crippen LogP contribution in [0.5, 0.6) is 0 Å². The van der Waals surface area contributed by atoms with Gasteiger partial charge in [0.05, 0.1) is 22.9 Å². The Morgan fingerprint density at radius 2 is 2.10 bits per heavy atom. The van der Waals surface area contributed by atoms with Crippen LogP contribution < -0.4 is 0 Å². The van der Waals surface area contributed by atoms with E-state index < -0.39 is 5.97 Å². The number of aromatic carboxylic acids is 1.